The Kier molecular flexibility index (Phi) is 4.49. The van der Waals surface area contributed by atoms with Crippen LogP contribution in [0.3, 0.4) is 0 Å². The van der Waals surface area contributed by atoms with Crippen molar-refractivity contribution < 1.29 is 18.7 Å². The molecule has 1 fully saturated rings. The van der Waals surface area contributed by atoms with E-state index >= 15 is 0 Å². The molecule has 5 nitrogen and oxygen atoms in total. The summed E-state index contributed by atoms with van der Waals surface area (Å²) in [5.41, 5.74) is 1.42. The number of Topliss-reactive ketones (excluding diaryl/α,β-unsaturated/α-hetero) is 1. The molecule has 2 aliphatic heterocycles. The first-order valence-electron chi connectivity index (χ1n) is 10.0. The Hall–Kier alpha value is -2.30. The largest absolute Gasteiger partial charge is 0.486 e. The SMILES string of the molecule is CCC1(C)CC(=O)c2c(ccc3oc(C(=O)N4CCCCCC4)c(C)c23)O1. The molecule has 27 heavy (non-hydrogen) atoms. The second-order valence-electron chi connectivity index (χ2n) is 8.08. The van der Waals surface area contributed by atoms with Crippen molar-refractivity contribution in [3.63, 3.8) is 0 Å². The number of hydrogen-bond donors (Lipinski definition) is 0. The number of amides is 1. The zero-order valence-electron chi connectivity index (χ0n) is 16.4. The van der Waals surface area contributed by atoms with E-state index < -0.39 is 5.60 Å². The molecule has 1 saturated heterocycles. The van der Waals surface area contributed by atoms with Crippen LogP contribution in [0.5, 0.6) is 5.75 Å². The van der Waals surface area contributed by atoms with Crippen molar-refractivity contribution in [3.05, 3.63) is 29.0 Å². The molecule has 0 radical (unpaired) electrons. The molecule has 2 aliphatic rings. The Morgan fingerprint density at radius 2 is 1.89 bits per heavy atom. The summed E-state index contributed by atoms with van der Waals surface area (Å²) in [7, 11) is 0. The molecule has 1 aromatic carbocycles. The third-order valence-corrected chi connectivity index (χ3v) is 6.06. The first-order chi connectivity index (χ1) is 12.9. The second kappa shape index (κ2) is 6.70. The van der Waals surface area contributed by atoms with Crippen LogP contribution in [0.2, 0.25) is 0 Å². The van der Waals surface area contributed by atoms with Gasteiger partial charge in [-0.05, 0) is 45.2 Å². The number of benzene rings is 1. The van der Waals surface area contributed by atoms with Gasteiger partial charge in [0.05, 0.1) is 12.0 Å². The van der Waals surface area contributed by atoms with E-state index in [-0.39, 0.29) is 11.7 Å². The van der Waals surface area contributed by atoms with Crippen LogP contribution in [0.25, 0.3) is 11.0 Å². The molecule has 1 unspecified atom stereocenters. The molecule has 1 amide bonds. The van der Waals surface area contributed by atoms with E-state index in [4.69, 9.17) is 9.15 Å². The van der Waals surface area contributed by atoms with Crippen molar-refractivity contribution in [1.29, 1.82) is 0 Å². The monoisotopic (exact) mass is 369 g/mol. The number of aryl methyl sites for hydroxylation is 1. The molecule has 0 saturated carbocycles. The van der Waals surface area contributed by atoms with Crippen LogP contribution >= 0.6 is 0 Å². The van der Waals surface area contributed by atoms with E-state index in [0.717, 1.165) is 43.3 Å². The van der Waals surface area contributed by atoms with Crippen LogP contribution in [0.4, 0.5) is 0 Å². The number of carbonyl (C=O) groups is 2. The molecule has 1 aromatic heterocycles. The van der Waals surface area contributed by atoms with Crippen molar-refractivity contribution in [2.24, 2.45) is 0 Å². The van der Waals surface area contributed by atoms with E-state index in [2.05, 4.69) is 0 Å². The first kappa shape index (κ1) is 18.1. The molecular weight excluding hydrogens is 342 g/mol. The van der Waals surface area contributed by atoms with Crippen LogP contribution in [0.1, 0.15) is 78.8 Å². The summed E-state index contributed by atoms with van der Waals surface area (Å²) in [4.78, 5) is 27.9. The fraction of sp³-hybridized carbons (Fsp3) is 0.545. The van der Waals surface area contributed by atoms with Crippen molar-refractivity contribution in [1.82, 2.24) is 4.90 Å². The standard InChI is InChI=1S/C22H27NO4/c1-4-22(3)13-15(24)19-17(27-22)10-9-16-18(19)14(2)20(26-16)21(25)23-11-7-5-6-8-12-23/h9-10H,4-8,11-13H2,1-3H3. The fourth-order valence-corrected chi connectivity index (χ4v) is 4.23. The second-order valence-corrected chi connectivity index (χ2v) is 8.08. The quantitative estimate of drug-likeness (QED) is 0.756. The van der Waals surface area contributed by atoms with E-state index in [1.807, 2.05) is 31.7 Å². The van der Waals surface area contributed by atoms with Crippen molar-refractivity contribution in [3.8, 4) is 5.75 Å². The Labute approximate surface area is 159 Å². The Morgan fingerprint density at radius 3 is 2.56 bits per heavy atom. The van der Waals surface area contributed by atoms with Gasteiger partial charge in [-0.25, -0.2) is 0 Å². The lowest BCUT2D eigenvalue weighted by atomic mass is 9.87. The zero-order valence-corrected chi connectivity index (χ0v) is 16.4. The van der Waals surface area contributed by atoms with Gasteiger partial charge < -0.3 is 14.1 Å². The van der Waals surface area contributed by atoms with Gasteiger partial charge in [-0.1, -0.05) is 19.8 Å². The number of furan rings is 1. The number of fused-ring (bicyclic) bond motifs is 3. The molecule has 5 heteroatoms. The van der Waals surface area contributed by atoms with Gasteiger partial charge in [0.2, 0.25) is 0 Å². The molecule has 0 aliphatic carbocycles. The van der Waals surface area contributed by atoms with Crippen molar-refractivity contribution in [2.75, 3.05) is 13.1 Å². The molecule has 2 aromatic rings. The molecular formula is C22H27NO4. The van der Waals surface area contributed by atoms with Crippen molar-refractivity contribution >= 4 is 22.7 Å². The summed E-state index contributed by atoms with van der Waals surface area (Å²) in [5.74, 6) is 0.948. The van der Waals surface area contributed by atoms with Gasteiger partial charge in [0, 0.05) is 24.0 Å². The van der Waals surface area contributed by atoms with Gasteiger partial charge in [-0.2, -0.15) is 0 Å². The summed E-state index contributed by atoms with van der Waals surface area (Å²) >= 11 is 0. The average molecular weight is 369 g/mol. The molecule has 1 atom stereocenters. The molecule has 0 spiro atoms. The number of likely N-dealkylation sites (tertiary alicyclic amines) is 1. The van der Waals surface area contributed by atoms with Gasteiger partial charge in [0.15, 0.2) is 11.5 Å². The maximum atomic E-state index is 13.1. The maximum absolute atomic E-state index is 13.1. The highest BCUT2D eigenvalue weighted by atomic mass is 16.5. The number of nitrogens with zero attached hydrogens (tertiary/aromatic N) is 1. The number of ketones is 1. The lowest BCUT2D eigenvalue weighted by molar-refractivity contribution is 0.0502. The van der Waals surface area contributed by atoms with Crippen LogP contribution in [-0.2, 0) is 0 Å². The number of carbonyl (C=O) groups excluding carboxylic acids is 2. The van der Waals surface area contributed by atoms with Crippen LogP contribution in [0, 0.1) is 6.92 Å². The summed E-state index contributed by atoms with van der Waals surface area (Å²) in [6, 6.07) is 3.61. The van der Waals surface area contributed by atoms with E-state index in [1.54, 1.807) is 6.07 Å². The first-order valence-corrected chi connectivity index (χ1v) is 10.0. The van der Waals surface area contributed by atoms with Crippen LogP contribution in [-0.4, -0.2) is 35.3 Å². The molecule has 0 N–H and O–H groups in total. The van der Waals surface area contributed by atoms with E-state index in [9.17, 15) is 9.59 Å². The summed E-state index contributed by atoms with van der Waals surface area (Å²) < 4.78 is 12.1. The molecule has 0 bridgehead atoms. The molecule has 144 valence electrons. The predicted molar refractivity (Wildman–Crippen MR) is 104 cm³/mol. The molecule has 4 rings (SSSR count). The smallest absolute Gasteiger partial charge is 0.289 e. The minimum absolute atomic E-state index is 0.0591. The van der Waals surface area contributed by atoms with Gasteiger partial charge in [0.25, 0.3) is 5.91 Å². The third-order valence-electron chi connectivity index (χ3n) is 6.06. The van der Waals surface area contributed by atoms with Crippen LogP contribution in [0.15, 0.2) is 16.5 Å². The maximum Gasteiger partial charge on any atom is 0.289 e. The van der Waals surface area contributed by atoms with Gasteiger partial charge in [-0.3, -0.25) is 9.59 Å². The highest BCUT2D eigenvalue weighted by Gasteiger charge is 2.37. The normalized spacial score (nSPS) is 23.1. The minimum atomic E-state index is -0.472. The Bertz CT molecular complexity index is 905. The lowest BCUT2D eigenvalue weighted by Gasteiger charge is -2.34. The zero-order chi connectivity index (χ0) is 19.2. The van der Waals surface area contributed by atoms with Gasteiger partial charge in [-0.15, -0.1) is 0 Å². The van der Waals surface area contributed by atoms with Crippen LogP contribution < -0.4 is 4.74 Å². The third kappa shape index (κ3) is 3.03. The van der Waals surface area contributed by atoms with Gasteiger partial charge >= 0.3 is 0 Å². The Morgan fingerprint density at radius 1 is 1.19 bits per heavy atom. The highest BCUT2D eigenvalue weighted by Crippen LogP contribution is 2.41. The minimum Gasteiger partial charge on any atom is -0.486 e. The number of hydrogen-bond acceptors (Lipinski definition) is 4. The lowest BCUT2D eigenvalue weighted by Crippen LogP contribution is -2.38. The summed E-state index contributed by atoms with van der Waals surface area (Å²) in [6.45, 7) is 7.40. The number of ether oxygens (including phenoxy) is 1. The van der Waals surface area contributed by atoms with E-state index in [1.165, 1.54) is 12.8 Å². The molecule has 3 heterocycles. The average Bonchev–Trinajstić information content (AvgIpc) is 2.83. The highest BCUT2D eigenvalue weighted by molar-refractivity contribution is 6.13. The summed E-state index contributed by atoms with van der Waals surface area (Å²) in [6.07, 6.45) is 5.50. The van der Waals surface area contributed by atoms with E-state index in [0.29, 0.717) is 29.1 Å². The van der Waals surface area contributed by atoms with Gasteiger partial charge in [0.1, 0.15) is 16.9 Å². The number of rotatable bonds is 2. The van der Waals surface area contributed by atoms with Crippen molar-refractivity contribution in [2.45, 2.75) is 64.9 Å². The summed E-state index contributed by atoms with van der Waals surface area (Å²) in [5, 5.41) is 0.730. The fourth-order valence-electron chi connectivity index (χ4n) is 4.23. The Balaban J connectivity index is 1.78. The topological polar surface area (TPSA) is 59.8 Å². The predicted octanol–water partition coefficient (Wildman–Crippen LogP) is 4.89.